The molecule has 1 N–H and O–H groups in total. The van der Waals surface area contributed by atoms with Gasteiger partial charge in [0, 0.05) is 28.2 Å². The normalized spacial score (nSPS) is 25.8. The number of halogens is 3. The van der Waals surface area contributed by atoms with E-state index in [1.807, 2.05) is 12.1 Å². The number of fused-ring (bicyclic) bond motifs is 1. The summed E-state index contributed by atoms with van der Waals surface area (Å²) >= 11 is 12.4. The number of rotatable bonds is 8. The Balaban J connectivity index is 1.10. The monoisotopic (exact) mass is 574 g/mol. The van der Waals surface area contributed by atoms with Crippen molar-refractivity contribution in [2.45, 2.75) is 69.5 Å². The van der Waals surface area contributed by atoms with Crippen LogP contribution in [0.4, 0.5) is 4.39 Å². The van der Waals surface area contributed by atoms with Gasteiger partial charge in [0.1, 0.15) is 17.6 Å². The van der Waals surface area contributed by atoms with Gasteiger partial charge in [-0.3, -0.25) is 9.69 Å². The molecule has 4 atom stereocenters. The molecule has 2 aliphatic heterocycles. The summed E-state index contributed by atoms with van der Waals surface area (Å²) in [7, 11) is 0. The lowest BCUT2D eigenvalue weighted by molar-refractivity contribution is -0.141. The second-order valence-corrected chi connectivity index (χ2v) is 12.6. The van der Waals surface area contributed by atoms with Crippen LogP contribution in [0.25, 0.3) is 0 Å². The van der Waals surface area contributed by atoms with E-state index in [9.17, 15) is 14.7 Å². The zero-order chi connectivity index (χ0) is 27.4. The van der Waals surface area contributed by atoms with E-state index in [0.717, 1.165) is 56.3 Å². The minimum Gasteiger partial charge on any atom is -0.493 e. The summed E-state index contributed by atoms with van der Waals surface area (Å²) in [5, 5.41) is 10.9. The number of carbonyl (C=O) groups is 2. The maximum Gasteiger partial charge on any atom is 0.326 e. The number of hydrogen-bond acceptors (Lipinski definition) is 4. The highest BCUT2D eigenvalue weighted by Gasteiger charge is 2.56. The molecule has 4 fully saturated rings. The fourth-order valence-corrected chi connectivity index (χ4v) is 6.97. The maximum atomic E-state index is 15.3. The van der Waals surface area contributed by atoms with Crippen molar-refractivity contribution < 1.29 is 23.8 Å². The van der Waals surface area contributed by atoms with Crippen molar-refractivity contribution in [1.29, 1.82) is 0 Å². The summed E-state index contributed by atoms with van der Waals surface area (Å²) in [6, 6.07) is 7.89. The average Bonchev–Trinajstić information content (AvgIpc) is 3.84. The first-order chi connectivity index (χ1) is 18.7. The SMILES string of the molecule is C[C@@H](c1cc(Cl)cc(Cl)c1)N1CCC(COc2cc(F)c(C(=O)N3C4C[C@@H]4C[C@H]3C(=O)O)cc2C2CC2)CC1. The van der Waals surface area contributed by atoms with Crippen molar-refractivity contribution in [2.75, 3.05) is 19.7 Å². The summed E-state index contributed by atoms with van der Waals surface area (Å²) in [5.74, 6) is -0.840. The molecule has 0 aromatic heterocycles. The first-order valence-corrected chi connectivity index (χ1v) is 14.7. The quantitative estimate of drug-likeness (QED) is 0.387. The van der Waals surface area contributed by atoms with Gasteiger partial charge in [-0.25, -0.2) is 9.18 Å². The second-order valence-electron chi connectivity index (χ2n) is 11.7. The van der Waals surface area contributed by atoms with E-state index >= 15 is 4.39 Å². The number of piperidine rings is 2. The minimum atomic E-state index is -1.02. The first kappa shape index (κ1) is 26.9. The Morgan fingerprint density at radius 2 is 1.74 bits per heavy atom. The molecule has 2 aromatic carbocycles. The molecule has 9 heteroatoms. The van der Waals surface area contributed by atoms with Gasteiger partial charge in [-0.15, -0.1) is 0 Å². The third-order valence-corrected chi connectivity index (χ3v) is 9.45. The van der Waals surface area contributed by atoms with Gasteiger partial charge >= 0.3 is 5.97 Å². The number of carboxylic acids is 1. The Morgan fingerprint density at radius 3 is 2.38 bits per heavy atom. The summed E-state index contributed by atoms with van der Waals surface area (Å²) in [6.45, 7) is 4.49. The predicted molar refractivity (Wildman–Crippen MR) is 147 cm³/mol. The largest absolute Gasteiger partial charge is 0.493 e. The van der Waals surface area contributed by atoms with Gasteiger partial charge in [-0.1, -0.05) is 23.2 Å². The van der Waals surface area contributed by atoms with Crippen molar-refractivity contribution in [3.8, 4) is 5.75 Å². The van der Waals surface area contributed by atoms with E-state index in [1.165, 1.54) is 11.0 Å². The van der Waals surface area contributed by atoms with Crippen molar-refractivity contribution in [1.82, 2.24) is 9.80 Å². The lowest BCUT2D eigenvalue weighted by Gasteiger charge is -2.36. The molecule has 0 spiro atoms. The number of hydrogen-bond donors (Lipinski definition) is 1. The minimum absolute atomic E-state index is 0.0357. The zero-order valence-electron chi connectivity index (χ0n) is 21.9. The first-order valence-electron chi connectivity index (χ1n) is 13.9. The van der Waals surface area contributed by atoms with Gasteiger partial charge in [0.05, 0.1) is 12.2 Å². The molecule has 6 rings (SSSR count). The Labute approximate surface area is 238 Å². The van der Waals surface area contributed by atoms with Gasteiger partial charge in [-0.05, 0) is 112 Å². The van der Waals surface area contributed by atoms with Gasteiger partial charge in [0.2, 0.25) is 0 Å². The maximum absolute atomic E-state index is 15.3. The van der Waals surface area contributed by atoms with Crippen LogP contribution in [0, 0.1) is 17.7 Å². The van der Waals surface area contributed by atoms with E-state index in [2.05, 4.69) is 11.8 Å². The topological polar surface area (TPSA) is 70.1 Å². The van der Waals surface area contributed by atoms with E-state index in [-0.39, 0.29) is 29.5 Å². The number of likely N-dealkylation sites (tertiary alicyclic amines) is 2. The van der Waals surface area contributed by atoms with Crippen LogP contribution in [0.2, 0.25) is 10.0 Å². The van der Waals surface area contributed by atoms with Crippen molar-refractivity contribution >= 4 is 35.1 Å². The van der Waals surface area contributed by atoms with E-state index in [0.29, 0.717) is 34.7 Å². The Morgan fingerprint density at radius 1 is 1.05 bits per heavy atom. The summed E-state index contributed by atoms with van der Waals surface area (Å²) in [5.41, 5.74) is 1.93. The number of ether oxygens (including phenoxy) is 1. The molecule has 4 aliphatic rings. The Kier molecular flexibility index (Phi) is 7.27. The van der Waals surface area contributed by atoms with E-state index in [1.54, 1.807) is 12.1 Å². The number of nitrogens with zero attached hydrogens (tertiary/aromatic N) is 2. The molecule has 2 aliphatic carbocycles. The zero-order valence-corrected chi connectivity index (χ0v) is 23.4. The van der Waals surface area contributed by atoms with E-state index < -0.39 is 23.7 Å². The summed E-state index contributed by atoms with van der Waals surface area (Å²) < 4.78 is 21.5. The molecule has 1 amide bonds. The molecule has 2 saturated carbocycles. The van der Waals surface area contributed by atoms with Gasteiger partial charge in [0.25, 0.3) is 5.91 Å². The molecule has 39 heavy (non-hydrogen) atoms. The highest BCUT2D eigenvalue weighted by molar-refractivity contribution is 6.34. The molecule has 2 aromatic rings. The Bertz CT molecular complexity index is 1270. The standard InChI is InChI=1S/C30H33Cl2FN2O4/c1-16(19-8-21(31)12-22(32)9-19)34-6-4-17(5-7-34)15-39-28-14-25(33)24(13-23(28)18-2-3-18)29(36)35-26-10-20(26)11-27(35)30(37)38/h8-9,12-14,16-18,20,26-27H,2-7,10-11,15H2,1H3,(H,37,38)/t16-,20+,26?,27-/m0/s1. The molecule has 0 radical (unpaired) electrons. The lowest BCUT2D eigenvalue weighted by Crippen LogP contribution is -2.43. The molecular weight excluding hydrogens is 542 g/mol. The molecule has 2 saturated heterocycles. The number of carbonyl (C=O) groups excluding carboxylic acids is 1. The molecule has 6 nitrogen and oxygen atoms in total. The van der Waals surface area contributed by atoms with Crippen LogP contribution in [-0.2, 0) is 4.79 Å². The molecule has 0 bridgehead atoms. The van der Waals surface area contributed by atoms with Crippen LogP contribution in [0.3, 0.4) is 0 Å². The number of aliphatic carboxylic acids is 1. The summed E-state index contributed by atoms with van der Waals surface area (Å²) in [4.78, 5) is 28.8. The highest BCUT2D eigenvalue weighted by atomic mass is 35.5. The van der Waals surface area contributed by atoms with Gasteiger partial charge in [0.15, 0.2) is 0 Å². The third kappa shape index (κ3) is 5.50. The van der Waals surface area contributed by atoms with Crippen molar-refractivity contribution in [3.63, 3.8) is 0 Å². The van der Waals surface area contributed by atoms with Crippen molar-refractivity contribution in [2.24, 2.45) is 11.8 Å². The highest BCUT2D eigenvalue weighted by Crippen LogP contribution is 2.49. The van der Waals surface area contributed by atoms with Crippen LogP contribution >= 0.6 is 23.2 Å². The van der Waals surface area contributed by atoms with Crippen LogP contribution < -0.4 is 4.74 Å². The second kappa shape index (κ2) is 10.6. The number of carboxylic acid groups (broad SMARTS) is 1. The predicted octanol–water partition coefficient (Wildman–Crippen LogP) is 6.55. The van der Waals surface area contributed by atoms with Crippen LogP contribution in [0.1, 0.15) is 78.9 Å². The molecular formula is C30H33Cl2FN2O4. The fourth-order valence-electron chi connectivity index (χ4n) is 6.42. The van der Waals surface area contributed by atoms with Gasteiger partial charge in [-0.2, -0.15) is 0 Å². The summed E-state index contributed by atoms with van der Waals surface area (Å²) in [6.07, 6.45) is 5.14. The van der Waals surface area contributed by atoms with E-state index in [4.69, 9.17) is 27.9 Å². The number of benzene rings is 2. The average molecular weight is 576 g/mol. The molecule has 2 heterocycles. The fraction of sp³-hybridized carbons (Fsp3) is 0.533. The smallest absolute Gasteiger partial charge is 0.326 e. The van der Waals surface area contributed by atoms with Crippen LogP contribution in [-0.4, -0.2) is 58.6 Å². The van der Waals surface area contributed by atoms with Crippen molar-refractivity contribution in [3.05, 3.63) is 62.9 Å². The lowest BCUT2D eigenvalue weighted by atomic mass is 9.95. The van der Waals surface area contributed by atoms with Crippen LogP contribution in [0.15, 0.2) is 30.3 Å². The number of amides is 1. The molecule has 208 valence electrons. The molecule has 1 unspecified atom stereocenters. The third-order valence-electron chi connectivity index (χ3n) is 9.01. The van der Waals surface area contributed by atoms with Crippen LogP contribution in [0.5, 0.6) is 5.75 Å². The van der Waals surface area contributed by atoms with Gasteiger partial charge < -0.3 is 14.7 Å². The Hall–Kier alpha value is -2.35.